The van der Waals surface area contributed by atoms with Gasteiger partial charge in [-0.3, -0.25) is 0 Å². The quantitative estimate of drug-likeness (QED) is 0.316. The summed E-state index contributed by atoms with van der Waals surface area (Å²) in [5.74, 6) is 0. The van der Waals surface area contributed by atoms with Gasteiger partial charge in [-0.1, -0.05) is 128 Å². The Morgan fingerprint density at radius 1 is 0.526 bits per heavy atom. The van der Waals surface area contributed by atoms with Crippen molar-refractivity contribution < 1.29 is 0 Å². The molecule has 0 aliphatic heterocycles. The van der Waals surface area contributed by atoms with E-state index in [1.165, 1.54) is 0 Å². The molecule has 0 amide bonds. The molecule has 0 spiro atoms. The van der Waals surface area contributed by atoms with Crippen LogP contribution >= 0.6 is 151 Å². The second-order valence-electron chi connectivity index (χ2n) is 3.04. The first-order chi connectivity index (χ1) is 7.90. The summed E-state index contributed by atoms with van der Waals surface area (Å²) in [5.41, 5.74) is 0. The Morgan fingerprint density at radius 2 is 0.842 bits per heavy atom. The van der Waals surface area contributed by atoms with Crippen molar-refractivity contribution >= 4 is 151 Å². The summed E-state index contributed by atoms with van der Waals surface area (Å²) in [4.78, 5) is -2.55. The minimum absolute atomic E-state index is 0.761. The van der Waals surface area contributed by atoms with Crippen molar-refractivity contribution in [3.63, 3.8) is 0 Å². The highest BCUT2D eigenvalue weighted by molar-refractivity contribution is 6.82. The first-order valence-electron chi connectivity index (χ1n) is 3.71. The van der Waals surface area contributed by atoms with E-state index in [9.17, 15) is 0 Å². The van der Waals surface area contributed by atoms with E-state index in [-0.39, 0.29) is 0 Å². The third kappa shape index (κ3) is 4.65. The average molecular weight is 533 g/mol. The van der Waals surface area contributed by atoms with Gasteiger partial charge in [0.2, 0.25) is 11.4 Å². The topological polar surface area (TPSA) is 0 Å². The molecule has 0 aliphatic rings. The highest BCUT2D eigenvalue weighted by Crippen LogP contribution is 2.68. The van der Waals surface area contributed by atoms with Gasteiger partial charge in [0, 0.05) is 0 Å². The van der Waals surface area contributed by atoms with Gasteiger partial charge in [-0.15, -0.1) is 23.2 Å². The van der Waals surface area contributed by atoms with Crippen LogP contribution in [0.3, 0.4) is 0 Å². The van der Waals surface area contributed by atoms with Crippen LogP contribution in [0.15, 0.2) is 0 Å². The molecule has 1 atom stereocenters. The van der Waals surface area contributed by atoms with Crippen molar-refractivity contribution in [2.75, 3.05) is 0 Å². The first kappa shape index (κ1) is 22.8. The fourth-order valence-electron chi connectivity index (χ4n) is 0.831. The summed E-state index contributed by atoms with van der Waals surface area (Å²) in [7, 11) is 0. The SMILES string of the molecule is Cl[C](C(Cl)(Cl)Cl)C(Cl)(C(Cl)(Cl)Cl)C(Cl)(Cl)C(Cl)(Cl)Cl. The number of hydrogen-bond acceptors (Lipinski definition) is 0. The van der Waals surface area contributed by atoms with Crippen LogP contribution in [0.25, 0.3) is 0 Å². The molecule has 0 fully saturated rings. The van der Waals surface area contributed by atoms with Crippen molar-refractivity contribution in [2.45, 2.75) is 20.6 Å². The largest absolute Gasteiger partial charge is 0.225 e. The monoisotopic (exact) mass is 527 g/mol. The van der Waals surface area contributed by atoms with E-state index in [1.807, 2.05) is 0 Å². The molecule has 19 heavy (non-hydrogen) atoms. The van der Waals surface area contributed by atoms with Gasteiger partial charge in [0.1, 0.15) is 5.38 Å². The molecular formula is C6Cl13. The molecule has 13 heteroatoms. The van der Waals surface area contributed by atoms with Crippen LogP contribution in [0.4, 0.5) is 0 Å². The molecule has 0 bridgehead atoms. The van der Waals surface area contributed by atoms with Gasteiger partial charge >= 0.3 is 0 Å². The standard InChI is InChI=1S/C6Cl13/c7-1(3(9,10)11)2(8,5(14,15)16)4(12,13)6(17,18)19. The lowest BCUT2D eigenvalue weighted by atomic mass is 10.0. The molecule has 0 heterocycles. The van der Waals surface area contributed by atoms with Crippen LogP contribution in [-0.4, -0.2) is 20.6 Å². The molecular weight excluding hydrogens is 533 g/mol. The molecule has 0 nitrogen and oxygen atoms in total. The van der Waals surface area contributed by atoms with Crippen molar-refractivity contribution in [1.29, 1.82) is 0 Å². The summed E-state index contributed by atoms with van der Waals surface area (Å²) >= 11 is 74.5. The lowest BCUT2D eigenvalue weighted by Crippen LogP contribution is -2.62. The minimum Gasteiger partial charge on any atom is -0.110 e. The van der Waals surface area contributed by atoms with Gasteiger partial charge in [-0.2, -0.15) is 0 Å². The third-order valence-corrected chi connectivity index (χ3v) is 7.91. The van der Waals surface area contributed by atoms with Crippen LogP contribution in [0.5, 0.6) is 0 Å². The molecule has 0 saturated heterocycles. The van der Waals surface area contributed by atoms with Gasteiger partial charge in [-0.05, 0) is 0 Å². The van der Waals surface area contributed by atoms with Crippen molar-refractivity contribution in [1.82, 2.24) is 0 Å². The third-order valence-electron chi connectivity index (χ3n) is 1.73. The predicted octanol–water partition coefficient (Wildman–Crippen LogP) is 8.02. The Labute approximate surface area is 175 Å². The van der Waals surface area contributed by atoms with E-state index in [0.29, 0.717) is 0 Å². The smallest absolute Gasteiger partial charge is 0.110 e. The summed E-state index contributed by atoms with van der Waals surface area (Å²) in [6, 6.07) is 0. The summed E-state index contributed by atoms with van der Waals surface area (Å²) < 4.78 is -9.78. The van der Waals surface area contributed by atoms with Crippen LogP contribution in [0.2, 0.25) is 0 Å². The predicted molar refractivity (Wildman–Crippen MR) is 93.0 cm³/mol. The Kier molecular flexibility index (Phi) is 8.32. The fraction of sp³-hybridized carbons (Fsp3) is 0.833. The zero-order valence-electron chi connectivity index (χ0n) is 7.91. The molecule has 1 unspecified atom stereocenters. The number of alkyl halides is 12. The number of rotatable bonds is 2. The van der Waals surface area contributed by atoms with Gasteiger partial charge < -0.3 is 0 Å². The lowest BCUT2D eigenvalue weighted by molar-refractivity contribution is 0.551. The van der Waals surface area contributed by atoms with E-state index < -0.39 is 26.0 Å². The first-order valence-corrected chi connectivity index (χ1v) is 8.62. The van der Waals surface area contributed by atoms with Crippen molar-refractivity contribution in [3.05, 3.63) is 5.38 Å². The average Bonchev–Trinajstić information content (AvgIpc) is 2.09. The maximum Gasteiger partial charge on any atom is 0.225 e. The van der Waals surface area contributed by atoms with Crippen LogP contribution < -0.4 is 0 Å². The maximum atomic E-state index is 6.09. The van der Waals surface area contributed by atoms with Crippen LogP contribution in [-0.2, 0) is 0 Å². The fourth-order valence-corrected chi connectivity index (χ4v) is 4.25. The second-order valence-corrected chi connectivity index (χ2v) is 12.2. The highest BCUT2D eigenvalue weighted by Gasteiger charge is 2.74. The zero-order valence-corrected chi connectivity index (χ0v) is 17.7. The van der Waals surface area contributed by atoms with E-state index in [1.54, 1.807) is 0 Å². The van der Waals surface area contributed by atoms with Gasteiger partial charge in [0.05, 0.1) is 0 Å². The summed E-state index contributed by atoms with van der Waals surface area (Å²) in [5, 5.41) is -0.761. The molecule has 1 radical (unpaired) electrons. The molecule has 0 aromatic heterocycles. The molecule has 0 N–H and O–H groups in total. The molecule has 0 aliphatic carbocycles. The highest BCUT2D eigenvalue weighted by atomic mass is 35.6. The Balaban J connectivity index is 6.14. The minimum atomic E-state index is -2.56. The molecule has 0 rings (SSSR count). The van der Waals surface area contributed by atoms with Crippen LogP contribution in [0.1, 0.15) is 0 Å². The molecule has 0 aromatic rings. The molecule has 0 aromatic carbocycles. The van der Waals surface area contributed by atoms with Crippen LogP contribution in [0, 0.1) is 5.38 Å². The van der Waals surface area contributed by atoms with E-state index in [2.05, 4.69) is 0 Å². The van der Waals surface area contributed by atoms with E-state index in [4.69, 9.17) is 151 Å². The number of hydrogen-bond donors (Lipinski definition) is 0. The maximum absolute atomic E-state index is 6.09. The summed E-state index contributed by atoms with van der Waals surface area (Å²) in [6.07, 6.45) is 0. The zero-order chi connectivity index (χ0) is 16.1. The molecule has 0 saturated carbocycles. The normalized spacial score (nSPS) is 18.6. The van der Waals surface area contributed by atoms with Gasteiger partial charge in [0.25, 0.3) is 0 Å². The van der Waals surface area contributed by atoms with Gasteiger partial charge in [0.15, 0.2) is 9.21 Å². The summed E-state index contributed by atoms with van der Waals surface area (Å²) in [6.45, 7) is 0. The molecule has 115 valence electrons. The van der Waals surface area contributed by atoms with Crippen molar-refractivity contribution in [3.8, 4) is 0 Å². The Hall–Kier alpha value is 3.77. The second kappa shape index (κ2) is 6.95. The Bertz CT molecular complexity index is 317. The van der Waals surface area contributed by atoms with E-state index in [0.717, 1.165) is 0 Å². The lowest BCUT2D eigenvalue weighted by Gasteiger charge is -2.48. The number of halogens is 13. The van der Waals surface area contributed by atoms with E-state index >= 15 is 0 Å². The van der Waals surface area contributed by atoms with Gasteiger partial charge in [-0.25, -0.2) is 0 Å². The van der Waals surface area contributed by atoms with Crippen molar-refractivity contribution in [2.24, 2.45) is 0 Å². The Morgan fingerprint density at radius 3 is 1.00 bits per heavy atom.